The first-order valence-corrected chi connectivity index (χ1v) is 13.8. The van der Waals surface area contributed by atoms with Gasteiger partial charge in [0.2, 0.25) is 11.8 Å². The van der Waals surface area contributed by atoms with Gasteiger partial charge in [0.25, 0.3) is 0 Å². The molecule has 7 heteroatoms. The van der Waals surface area contributed by atoms with Gasteiger partial charge in [-0.15, -0.1) is 0 Å². The number of amides is 2. The van der Waals surface area contributed by atoms with Crippen molar-refractivity contribution in [3.05, 3.63) is 64.2 Å². The Morgan fingerprint density at radius 1 is 1.03 bits per heavy atom. The number of ether oxygens (including phenoxy) is 1. The number of rotatable bonds is 8. The summed E-state index contributed by atoms with van der Waals surface area (Å²) in [6.45, 7) is 6.64. The highest BCUT2D eigenvalue weighted by molar-refractivity contribution is 6.32. The fraction of sp³-hybridized carbons (Fsp3) is 0.533. The van der Waals surface area contributed by atoms with Crippen LogP contribution in [-0.4, -0.2) is 65.6 Å². The van der Waals surface area contributed by atoms with E-state index >= 15 is 0 Å². The summed E-state index contributed by atoms with van der Waals surface area (Å²) < 4.78 is 6.32. The molecular formula is C30H39ClN2O4. The van der Waals surface area contributed by atoms with Gasteiger partial charge in [-0.1, -0.05) is 41.9 Å². The first-order chi connectivity index (χ1) is 17.7. The normalized spacial score (nSPS) is 20.6. The minimum atomic E-state index is -0.463. The number of nitrogens with zero attached hydrogens (tertiary/aromatic N) is 2. The predicted octanol–water partition coefficient (Wildman–Crippen LogP) is 4.95. The minimum Gasteiger partial charge on any atom is -0.493 e. The molecule has 2 heterocycles. The third-order valence-electron chi connectivity index (χ3n) is 7.78. The standard InChI is InChI=1S/C30H39ClN2O4/c1-22-17-26(18-23(2)29(22)31)37-21-30(19-28(36)32-15-11-25(34)12-16-32)13-6-14-33(20-30)27(35)10-9-24-7-4-3-5-8-24/h3-5,7-8,17-18,25,34H,6,9-16,19-21H2,1-2H3/t30-/m0/s1. The molecule has 4 rings (SSSR count). The first kappa shape index (κ1) is 27.5. The number of likely N-dealkylation sites (tertiary alicyclic amines) is 2. The average molecular weight is 527 g/mol. The smallest absolute Gasteiger partial charge is 0.223 e. The van der Waals surface area contributed by atoms with E-state index in [0.717, 1.165) is 40.3 Å². The van der Waals surface area contributed by atoms with Crippen LogP contribution in [0.4, 0.5) is 0 Å². The van der Waals surface area contributed by atoms with Gasteiger partial charge >= 0.3 is 0 Å². The van der Waals surface area contributed by atoms with Crippen LogP contribution < -0.4 is 4.74 Å². The second kappa shape index (κ2) is 12.3. The number of carbonyl (C=O) groups excluding carboxylic acids is 2. The second-order valence-electron chi connectivity index (χ2n) is 10.9. The van der Waals surface area contributed by atoms with Gasteiger partial charge in [0.05, 0.1) is 12.7 Å². The molecule has 1 N–H and O–H groups in total. The summed E-state index contributed by atoms with van der Waals surface area (Å²) >= 11 is 6.35. The SMILES string of the molecule is Cc1cc(OC[C@]2(CC(=O)N3CCC(O)CC3)CCCN(C(=O)CCc3ccccc3)C2)cc(C)c1Cl. The first-order valence-electron chi connectivity index (χ1n) is 13.4. The molecule has 0 radical (unpaired) electrons. The van der Waals surface area contributed by atoms with Crippen LogP contribution in [0.5, 0.6) is 5.75 Å². The molecule has 0 unspecified atom stereocenters. The molecule has 0 spiro atoms. The monoisotopic (exact) mass is 526 g/mol. The van der Waals surface area contributed by atoms with Crippen LogP contribution in [0.2, 0.25) is 5.02 Å². The highest BCUT2D eigenvalue weighted by atomic mass is 35.5. The number of hydrogen-bond acceptors (Lipinski definition) is 4. The van der Waals surface area contributed by atoms with Crippen molar-refractivity contribution in [2.45, 2.75) is 64.9 Å². The van der Waals surface area contributed by atoms with Crippen LogP contribution >= 0.6 is 11.6 Å². The van der Waals surface area contributed by atoms with Gasteiger partial charge < -0.3 is 19.6 Å². The van der Waals surface area contributed by atoms with Crippen molar-refractivity contribution in [2.75, 3.05) is 32.8 Å². The van der Waals surface area contributed by atoms with Crippen molar-refractivity contribution < 1.29 is 19.4 Å². The number of aliphatic hydroxyl groups excluding tert-OH is 1. The van der Waals surface area contributed by atoms with E-state index < -0.39 is 5.41 Å². The fourth-order valence-electron chi connectivity index (χ4n) is 5.56. The van der Waals surface area contributed by atoms with Gasteiger partial charge in [0.15, 0.2) is 0 Å². The van der Waals surface area contributed by atoms with Gasteiger partial charge in [0, 0.05) is 49.5 Å². The summed E-state index contributed by atoms with van der Waals surface area (Å²) in [5, 5.41) is 10.6. The van der Waals surface area contributed by atoms with E-state index in [1.165, 1.54) is 0 Å². The van der Waals surface area contributed by atoms with E-state index in [1.54, 1.807) is 0 Å². The summed E-state index contributed by atoms with van der Waals surface area (Å²) in [5.41, 5.74) is 2.60. The maximum absolute atomic E-state index is 13.4. The number of benzene rings is 2. The van der Waals surface area contributed by atoms with Crippen LogP contribution in [0.25, 0.3) is 0 Å². The molecule has 2 saturated heterocycles. The number of halogens is 1. The van der Waals surface area contributed by atoms with Crippen molar-refractivity contribution >= 4 is 23.4 Å². The van der Waals surface area contributed by atoms with Gasteiger partial charge in [-0.3, -0.25) is 9.59 Å². The van der Waals surface area contributed by atoms with Gasteiger partial charge in [-0.05, 0) is 74.8 Å². The lowest BCUT2D eigenvalue weighted by Crippen LogP contribution is -2.51. The molecule has 200 valence electrons. The van der Waals surface area contributed by atoms with Crippen molar-refractivity contribution in [1.29, 1.82) is 0 Å². The molecule has 2 fully saturated rings. The Morgan fingerprint density at radius 3 is 2.38 bits per heavy atom. The number of piperidine rings is 2. The van der Waals surface area contributed by atoms with Crippen LogP contribution in [0, 0.1) is 19.3 Å². The summed E-state index contributed by atoms with van der Waals surface area (Å²) in [6.07, 6.45) is 4.05. The Balaban J connectivity index is 1.48. The maximum atomic E-state index is 13.4. The lowest BCUT2D eigenvalue weighted by Gasteiger charge is -2.43. The molecule has 2 aromatic rings. The third-order valence-corrected chi connectivity index (χ3v) is 8.38. The molecule has 0 bridgehead atoms. The van der Waals surface area contributed by atoms with Crippen molar-refractivity contribution in [3.63, 3.8) is 0 Å². The van der Waals surface area contributed by atoms with E-state index in [0.29, 0.717) is 64.9 Å². The van der Waals surface area contributed by atoms with Crippen molar-refractivity contribution in [3.8, 4) is 5.75 Å². The van der Waals surface area contributed by atoms with Crippen LogP contribution in [0.15, 0.2) is 42.5 Å². The highest BCUT2D eigenvalue weighted by Gasteiger charge is 2.41. The highest BCUT2D eigenvalue weighted by Crippen LogP contribution is 2.37. The van der Waals surface area contributed by atoms with Gasteiger partial charge in [0.1, 0.15) is 5.75 Å². The Labute approximate surface area is 225 Å². The summed E-state index contributed by atoms with van der Waals surface area (Å²) in [7, 11) is 0. The Morgan fingerprint density at radius 2 is 1.70 bits per heavy atom. The van der Waals surface area contributed by atoms with E-state index in [4.69, 9.17) is 16.3 Å². The molecule has 2 aliphatic heterocycles. The van der Waals surface area contributed by atoms with Gasteiger partial charge in [-0.2, -0.15) is 0 Å². The summed E-state index contributed by atoms with van der Waals surface area (Å²) in [4.78, 5) is 30.4. The van der Waals surface area contributed by atoms with Crippen molar-refractivity contribution in [2.24, 2.45) is 5.41 Å². The number of aryl methyl sites for hydroxylation is 3. The molecule has 2 aliphatic rings. The topological polar surface area (TPSA) is 70.1 Å². The zero-order valence-electron chi connectivity index (χ0n) is 22.0. The zero-order valence-corrected chi connectivity index (χ0v) is 22.8. The van der Waals surface area contributed by atoms with E-state index in [2.05, 4.69) is 0 Å². The molecule has 0 saturated carbocycles. The Hall–Kier alpha value is -2.57. The summed E-state index contributed by atoms with van der Waals surface area (Å²) in [5.74, 6) is 0.942. The molecule has 2 amide bonds. The van der Waals surface area contributed by atoms with E-state index in [-0.39, 0.29) is 17.9 Å². The second-order valence-corrected chi connectivity index (χ2v) is 11.2. The van der Waals surface area contributed by atoms with Crippen LogP contribution in [-0.2, 0) is 16.0 Å². The zero-order chi connectivity index (χ0) is 26.4. The molecule has 37 heavy (non-hydrogen) atoms. The Kier molecular flexibility index (Phi) is 9.14. The quantitative estimate of drug-likeness (QED) is 0.528. The van der Waals surface area contributed by atoms with Crippen molar-refractivity contribution in [1.82, 2.24) is 9.80 Å². The van der Waals surface area contributed by atoms with Crippen LogP contribution in [0.1, 0.15) is 55.2 Å². The van der Waals surface area contributed by atoms with E-state index in [9.17, 15) is 14.7 Å². The average Bonchev–Trinajstić information content (AvgIpc) is 2.90. The molecule has 0 aromatic heterocycles. The largest absolute Gasteiger partial charge is 0.493 e. The Bertz CT molecular complexity index is 1060. The molecule has 6 nitrogen and oxygen atoms in total. The van der Waals surface area contributed by atoms with Gasteiger partial charge in [-0.25, -0.2) is 0 Å². The number of carbonyl (C=O) groups is 2. The predicted molar refractivity (Wildman–Crippen MR) is 146 cm³/mol. The summed E-state index contributed by atoms with van der Waals surface area (Å²) in [6, 6.07) is 13.9. The number of hydrogen-bond donors (Lipinski definition) is 1. The number of aliphatic hydroxyl groups is 1. The third kappa shape index (κ3) is 7.26. The molecule has 1 atom stereocenters. The lowest BCUT2D eigenvalue weighted by molar-refractivity contribution is -0.142. The molecule has 0 aliphatic carbocycles. The van der Waals surface area contributed by atoms with Crippen LogP contribution in [0.3, 0.4) is 0 Å². The minimum absolute atomic E-state index is 0.0811. The lowest BCUT2D eigenvalue weighted by atomic mass is 9.77. The maximum Gasteiger partial charge on any atom is 0.223 e. The van der Waals surface area contributed by atoms with E-state index in [1.807, 2.05) is 66.1 Å². The fourth-order valence-corrected chi connectivity index (χ4v) is 5.67. The molecule has 2 aromatic carbocycles. The molecular weight excluding hydrogens is 488 g/mol.